The number of aliphatic carboxylic acids is 1. The van der Waals surface area contributed by atoms with Crippen molar-refractivity contribution in [3.63, 3.8) is 0 Å². The van der Waals surface area contributed by atoms with E-state index in [0.29, 0.717) is 25.1 Å². The molecule has 3 aromatic carbocycles. The van der Waals surface area contributed by atoms with Crippen LogP contribution in [0.3, 0.4) is 0 Å². The number of hydrogen-bond donors (Lipinski definition) is 3. The molecule has 1 aliphatic heterocycles. The first-order valence-corrected chi connectivity index (χ1v) is 11.2. The smallest absolute Gasteiger partial charge is 0.323 e. The van der Waals surface area contributed by atoms with E-state index in [0.717, 1.165) is 10.8 Å². The Hall–Kier alpha value is -3.29. The van der Waals surface area contributed by atoms with Crippen molar-refractivity contribution in [3.8, 4) is 0 Å². The molecule has 1 fully saturated rings. The van der Waals surface area contributed by atoms with Crippen molar-refractivity contribution in [1.82, 2.24) is 4.90 Å². The fourth-order valence-electron chi connectivity index (χ4n) is 3.94. The van der Waals surface area contributed by atoms with Crippen LogP contribution in [0.2, 0.25) is 10.0 Å². The minimum absolute atomic E-state index is 0.127. The van der Waals surface area contributed by atoms with Crippen LogP contribution in [0.4, 0.5) is 16.2 Å². The second kappa shape index (κ2) is 9.68. The van der Waals surface area contributed by atoms with Gasteiger partial charge in [0.2, 0.25) is 0 Å². The molecular formula is C24H21Cl2N3O4. The van der Waals surface area contributed by atoms with Gasteiger partial charge in [-0.05, 0) is 47.9 Å². The number of halogens is 2. The maximum Gasteiger partial charge on any atom is 0.323 e. The highest BCUT2D eigenvalue weighted by Gasteiger charge is 2.30. The Morgan fingerprint density at radius 3 is 2.27 bits per heavy atom. The number of nitrogens with one attached hydrogen (secondary N) is 2. The quantitative estimate of drug-likeness (QED) is 0.439. The summed E-state index contributed by atoms with van der Waals surface area (Å²) >= 11 is 12.3. The maximum atomic E-state index is 13.4. The Morgan fingerprint density at radius 2 is 1.61 bits per heavy atom. The van der Waals surface area contributed by atoms with Crippen LogP contribution in [0, 0.1) is 5.92 Å². The van der Waals surface area contributed by atoms with Crippen molar-refractivity contribution < 1.29 is 19.5 Å². The van der Waals surface area contributed by atoms with E-state index in [1.165, 1.54) is 4.90 Å². The number of para-hydroxylation sites is 1. The van der Waals surface area contributed by atoms with Gasteiger partial charge in [0, 0.05) is 13.1 Å². The summed E-state index contributed by atoms with van der Waals surface area (Å²) in [6, 6.07) is 15.1. The Morgan fingerprint density at radius 1 is 0.939 bits per heavy atom. The second-order valence-corrected chi connectivity index (χ2v) is 8.66. The number of benzene rings is 3. The molecule has 3 aromatic rings. The minimum Gasteiger partial charge on any atom is -0.481 e. The van der Waals surface area contributed by atoms with E-state index < -0.39 is 17.9 Å². The number of piperidine rings is 1. The number of carbonyl (C=O) groups excluding carboxylic acids is 2. The number of rotatable bonds is 4. The minimum atomic E-state index is -0.916. The highest BCUT2D eigenvalue weighted by molar-refractivity contribution is 6.39. The number of carboxylic acids is 1. The molecular weight excluding hydrogens is 465 g/mol. The summed E-state index contributed by atoms with van der Waals surface area (Å²) in [4.78, 5) is 39.2. The fourth-order valence-corrected chi connectivity index (χ4v) is 4.43. The highest BCUT2D eigenvalue weighted by atomic mass is 35.5. The molecule has 3 amide bonds. The molecule has 170 valence electrons. The summed E-state index contributed by atoms with van der Waals surface area (Å²) in [6.07, 6.45) is 1.13. The molecule has 3 N–H and O–H groups in total. The van der Waals surface area contributed by atoms with Crippen LogP contribution in [-0.4, -0.2) is 41.0 Å². The van der Waals surface area contributed by atoms with Gasteiger partial charge >= 0.3 is 12.0 Å². The third-order valence-electron chi connectivity index (χ3n) is 5.62. The van der Waals surface area contributed by atoms with Crippen LogP contribution in [0.1, 0.15) is 23.2 Å². The topological polar surface area (TPSA) is 98.7 Å². The normalized spacial score (nSPS) is 15.8. The summed E-state index contributed by atoms with van der Waals surface area (Å²) in [5, 5.41) is 17.0. The third kappa shape index (κ3) is 5.05. The molecule has 0 spiro atoms. The van der Waals surface area contributed by atoms with E-state index in [9.17, 15) is 19.5 Å². The summed E-state index contributed by atoms with van der Waals surface area (Å²) in [5.74, 6) is -1.86. The van der Waals surface area contributed by atoms with E-state index in [2.05, 4.69) is 10.6 Å². The lowest BCUT2D eigenvalue weighted by Crippen LogP contribution is -2.42. The third-order valence-corrected chi connectivity index (χ3v) is 6.25. The van der Waals surface area contributed by atoms with Gasteiger partial charge in [0.1, 0.15) is 0 Å². The molecule has 0 saturated carbocycles. The molecule has 0 aromatic heterocycles. The second-order valence-electron chi connectivity index (χ2n) is 7.85. The molecule has 1 heterocycles. The number of nitrogens with zero attached hydrogens (tertiary/aromatic N) is 1. The van der Waals surface area contributed by atoms with E-state index >= 15 is 0 Å². The predicted molar refractivity (Wildman–Crippen MR) is 129 cm³/mol. The number of hydrogen-bond acceptors (Lipinski definition) is 3. The summed E-state index contributed by atoms with van der Waals surface area (Å²) in [7, 11) is 0. The molecule has 1 atom stereocenters. The van der Waals surface area contributed by atoms with E-state index in [4.69, 9.17) is 23.2 Å². The van der Waals surface area contributed by atoms with Gasteiger partial charge < -0.3 is 20.6 Å². The first kappa shape index (κ1) is 22.9. The lowest BCUT2D eigenvalue weighted by Gasteiger charge is -2.31. The molecule has 9 heteroatoms. The van der Waals surface area contributed by atoms with Crippen LogP contribution in [0.15, 0.2) is 54.6 Å². The molecule has 1 unspecified atom stereocenters. The van der Waals surface area contributed by atoms with Crippen molar-refractivity contribution in [2.45, 2.75) is 12.8 Å². The maximum absolute atomic E-state index is 13.4. The predicted octanol–water partition coefficient (Wildman–Crippen LogP) is 5.73. The summed E-state index contributed by atoms with van der Waals surface area (Å²) in [6.45, 7) is 0.582. The SMILES string of the molecule is O=C(Nc1cc2ccccc2cc1C(=O)N1CCCC(C(=O)O)C1)Nc1c(Cl)cccc1Cl. The van der Waals surface area contributed by atoms with Gasteiger partial charge in [0.05, 0.1) is 32.9 Å². The van der Waals surface area contributed by atoms with Crippen LogP contribution in [-0.2, 0) is 4.79 Å². The number of amides is 3. The van der Waals surface area contributed by atoms with Crippen LogP contribution < -0.4 is 10.6 Å². The van der Waals surface area contributed by atoms with Crippen molar-refractivity contribution in [1.29, 1.82) is 0 Å². The number of urea groups is 1. The average molecular weight is 486 g/mol. The van der Waals surface area contributed by atoms with Crippen molar-refractivity contribution in [2.24, 2.45) is 5.92 Å². The first-order chi connectivity index (χ1) is 15.8. The molecule has 4 rings (SSSR count). The standard InChI is InChI=1S/C24H21Cl2N3O4/c25-18-8-3-9-19(26)21(18)28-24(33)27-20-12-15-6-2-1-5-14(15)11-17(20)22(30)29-10-4-7-16(13-29)23(31)32/h1-3,5-6,8-9,11-12,16H,4,7,10,13H2,(H,31,32)(H2,27,28,33). The Balaban J connectivity index is 1.65. The van der Waals surface area contributed by atoms with Crippen molar-refractivity contribution in [2.75, 3.05) is 23.7 Å². The Bertz CT molecular complexity index is 1230. The largest absolute Gasteiger partial charge is 0.481 e. The van der Waals surface area contributed by atoms with Gasteiger partial charge in [-0.1, -0.05) is 53.5 Å². The number of carboxylic acid groups (broad SMARTS) is 1. The number of anilines is 2. The molecule has 7 nitrogen and oxygen atoms in total. The molecule has 0 bridgehead atoms. The van der Waals surface area contributed by atoms with Gasteiger partial charge in [-0.3, -0.25) is 9.59 Å². The monoisotopic (exact) mass is 485 g/mol. The highest BCUT2D eigenvalue weighted by Crippen LogP contribution is 2.31. The van der Waals surface area contributed by atoms with Crippen molar-refractivity contribution in [3.05, 3.63) is 70.2 Å². The first-order valence-electron chi connectivity index (χ1n) is 10.4. The van der Waals surface area contributed by atoms with Gasteiger partial charge in [-0.25, -0.2) is 4.79 Å². The lowest BCUT2D eigenvalue weighted by molar-refractivity contribution is -0.143. The number of carbonyl (C=O) groups is 3. The van der Waals surface area contributed by atoms with Gasteiger partial charge in [-0.2, -0.15) is 0 Å². The zero-order valence-electron chi connectivity index (χ0n) is 17.5. The number of fused-ring (bicyclic) bond motifs is 1. The van der Waals surface area contributed by atoms with Gasteiger partial charge in [0.25, 0.3) is 5.91 Å². The zero-order chi connectivity index (χ0) is 23.5. The Labute approximate surface area is 200 Å². The molecule has 0 radical (unpaired) electrons. The molecule has 1 aliphatic rings. The average Bonchev–Trinajstić information content (AvgIpc) is 2.80. The summed E-state index contributed by atoms with van der Waals surface area (Å²) < 4.78 is 0. The zero-order valence-corrected chi connectivity index (χ0v) is 19.0. The molecule has 1 saturated heterocycles. The number of likely N-dealkylation sites (tertiary alicyclic amines) is 1. The van der Waals surface area contributed by atoms with Gasteiger partial charge in [0.15, 0.2) is 0 Å². The van der Waals surface area contributed by atoms with Gasteiger partial charge in [-0.15, -0.1) is 0 Å². The van der Waals surface area contributed by atoms with E-state index in [-0.39, 0.29) is 33.7 Å². The fraction of sp³-hybridized carbons (Fsp3) is 0.208. The van der Waals surface area contributed by atoms with Crippen LogP contribution in [0.5, 0.6) is 0 Å². The Kier molecular flexibility index (Phi) is 6.72. The molecule has 0 aliphatic carbocycles. The van der Waals surface area contributed by atoms with Crippen molar-refractivity contribution >= 4 is 63.3 Å². The summed E-state index contributed by atoms with van der Waals surface area (Å²) in [5.41, 5.74) is 0.837. The van der Waals surface area contributed by atoms with Crippen LogP contribution >= 0.6 is 23.2 Å². The van der Waals surface area contributed by atoms with E-state index in [1.807, 2.05) is 24.3 Å². The van der Waals surface area contributed by atoms with E-state index in [1.54, 1.807) is 30.3 Å². The van der Waals surface area contributed by atoms with Crippen LogP contribution in [0.25, 0.3) is 10.8 Å². The molecule has 33 heavy (non-hydrogen) atoms. The lowest BCUT2D eigenvalue weighted by atomic mass is 9.97.